The van der Waals surface area contributed by atoms with E-state index in [4.69, 9.17) is 10.5 Å². The first-order valence-electron chi connectivity index (χ1n) is 5.47. The second-order valence-electron chi connectivity index (χ2n) is 4.58. The van der Waals surface area contributed by atoms with E-state index in [2.05, 4.69) is 19.2 Å². The fourth-order valence-corrected chi connectivity index (χ4v) is 1.28. The molecule has 0 saturated carbocycles. The van der Waals surface area contributed by atoms with Gasteiger partial charge in [-0.15, -0.1) is 0 Å². The van der Waals surface area contributed by atoms with Gasteiger partial charge in [-0.25, -0.2) is 0 Å². The summed E-state index contributed by atoms with van der Waals surface area (Å²) in [7, 11) is 1.64. The summed E-state index contributed by atoms with van der Waals surface area (Å²) in [6.45, 7) is 6.20. The number of nitrogens with two attached hydrogens (primary N) is 1. The predicted molar refractivity (Wildman–Crippen MR) is 61.6 cm³/mol. The summed E-state index contributed by atoms with van der Waals surface area (Å²) >= 11 is 0. The minimum absolute atomic E-state index is 0.0890. The number of rotatable bonds is 8. The van der Waals surface area contributed by atoms with Crippen LogP contribution >= 0.6 is 0 Å². The van der Waals surface area contributed by atoms with Gasteiger partial charge in [0.15, 0.2) is 0 Å². The number of ether oxygens (including phenoxy) is 1. The smallest absolute Gasteiger partial charge is 0.220 e. The molecule has 0 saturated heterocycles. The molecule has 0 rings (SSSR count). The van der Waals surface area contributed by atoms with E-state index in [-0.39, 0.29) is 11.3 Å². The lowest BCUT2D eigenvalue weighted by Gasteiger charge is -2.24. The first-order chi connectivity index (χ1) is 7.02. The highest BCUT2D eigenvalue weighted by Gasteiger charge is 2.17. The van der Waals surface area contributed by atoms with Crippen molar-refractivity contribution in [2.45, 2.75) is 33.1 Å². The van der Waals surface area contributed by atoms with Crippen molar-refractivity contribution in [1.29, 1.82) is 0 Å². The van der Waals surface area contributed by atoms with Crippen molar-refractivity contribution >= 4 is 5.91 Å². The lowest BCUT2D eigenvalue weighted by atomic mass is 9.89. The van der Waals surface area contributed by atoms with E-state index in [1.54, 1.807) is 7.11 Å². The number of amides is 1. The zero-order valence-electron chi connectivity index (χ0n) is 10.1. The van der Waals surface area contributed by atoms with Crippen LogP contribution in [0, 0.1) is 5.41 Å². The highest BCUT2D eigenvalue weighted by atomic mass is 16.5. The molecule has 15 heavy (non-hydrogen) atoms. The van der Waals surface area contributed by atoms with Gasteiger partial charge in [-0.2, -0.15) is 0 Å². The molecule has 0 heterocycles. The zero-order valence-corrected chi connectivity index (χ0v) is 10.1. The van der Waals surface area contributed by atoms with E-state index >= 15 is 0 Å². The van der Waals surface area contributed by atoms with Gasteiger partial charge in [0.05, 0.1) is 0 Å². The average Bonchev–Trinajstić information content (AvgIpc) is 2.15. The van der Waals surface area contributed by atoms with Crippen LogP contribution in [-0.2, 0) is 9.53 Å². The Hall–Kier alpha value is -0.610. The Morgan fingerprint density at radius 1 is 1.47 bits per heavy atom. The van der Waals surface area contributed by atoms with Crippen molar-refractivity contribution in [3.63, 3.8) is 0 Å². The normalized spacial score (nSPS) is 11.5. The van der Waals surface area contributed by atoms with Crippen molar-refractivity contribution < 1.29 is 9.53 Å². The molecule has 0 aromatic carbocycles. The van der Waals surface area contributed by atoms with Crippen LogP contribution in [0.4, 0.5) is 0 Å². The lowest BCUT2D eigenvalue weighted by Crippen LogP contribution is -2.35. The highest BCUT2D eigenvalue weighted by Crippen LogP contribution is 2.17. The molecule has 0 aromatic heterocycles. The van der Waals surface area contributed by atoms with Crippen LogP contribution in [0.3, 0.4) is 0 Å². The third kappa shape index (κ3) is 8.39. The van der Waals surface area contributed by atoms with Gasteiger partial charge in [0.2, 0.25) is 5.91 Å². The monoisotopic (exact) mass is 216 g/mol. The summed E-state index contributed by atoms with van der Waals surface area (Å²) in [5.74, 6) is 0.0946. The number of hydrogen-bond acceptors (Lipinski definition) is 3. The summed E-state index contributed by atoms with van der Waals surface area (Å²) in [6, 6.07) is 0. The Kier molecular flexibility index (Phi) is 7.34. The number of hydrogen-bond donors (Lipinski definition) is 2. The number of carbonyl (C=O) groups excluding carboxylic acids is 1. The van der Waals surface area contributed by atoms with E-state index in [9.17, 15) is 4.79 Å². The summed E-state index contributed by atoms with van der Waals surface area (Å²) in [6.07, 6.45) is 2.23. The average molecular weight is 216 g/mol. The van der Waals surface area contributed by atoms with Gasteiger partial charge < -0.3 is 15.8 Å². The third-order valence-corrected chi connectivity index (χ3v) is 2.34. The van der Waals surface area contributed by atoms with E-state index in [0.29, 0.717) is 26.1 Å². The Morgan fingerprint density at radius 2 is 2.13 bits per heavy atom. The molecule has 0 bridgehead atoms. The maximum absolute atomic E-state index is 11.4. The van der Waals surface area contributed by atoms with Crippen LogP contribution in [0.25, 0.3) is 0 Å². The van der Waals surface area contributed by atoms with E-state index in [1.165, 1.54) is 0 Å². The largest absolute Gasteiger partial charge is 0.385 e. The fourth-order valence-electron chi connectivity index (χ4n) is 1.28. The molecular formula is C11H24N2O2. The maximum Gasteiger partial charge on any atom is 0.220 e. The molecule has 0 fully saturated rings. The summed E-state index contributed by atoms with van der Waals surface area (Å²) in [5.41, 5.74) is 5.58. The van der Waals surface area contributed by atoms with Crippen LogP contribution in [0.5, 0.6) is 0 Å². The molecule has 4 nitrogen and oxygen atoms in total. The molecule has 0 aliphatic carbocycles. The molecule has 4 heteroatoms. The zero-order chi connectivity index (χ0) is 11.7. The number of methoxy groups -OCH3 is 1. The Balaban J connectivity index is 3.60. The molecular weight excluding hydrogens is 192 g/mol. The summed E-state index contributed by atoms with van der Waals surface area (Å²) in [5, 5.41) is 2.92. The van der Waals surface area contributed by atoms with Gasteiger partial charge in [-0.3, -0.25) is 4.79 Å². The summed E-state index contributed by atoms with van der Waals surface area (Å²) < 4.78 is 4.88. The second kappa shape index (κ2) is 7.65. The van der Waals surface area contributed by atoms with E-state index in [1.807, 2.05) is 0 Å². The quantitative estimate of drug-likeness (QED) is 0.593. The van der Waals surface area contributed by atoms with E-state index < -0.39 is 0 Å². The molecule has 0 unspecified atom stereocenters. The van der Waals surface area contributed by atoms with Crippen molar-refractivity contribution in [3.8, 4) is 0 Å². The van der Waals surface area contributed by atoms with Crippen molar-refractivity contribution in [2.24, 2.45) is 11.1 Å². The van der Waals surface area contributed by atoms with Gasteiger partial charge in [-0.05, 0) is 24.8 Å². The van der Waals surface area contributed by atoms with Crippen molar-refractivity contribution in [2.75, 3.05) is 26.8 Å². The Labute approximate surface area is 92.6 Å². The molecule has 3 N–H and O–H groups in total. The van der Waals surface area contributed by atoms with Crippen LogP contribution in [0.2, 0.25) is 0 Å². The molecule has 1 amide bonds. The molecule has 0 atom stereocenters. The molecule has 0 aliphatic rings. The van der Waals surface area contributed by atoms with Crippen LogP contribution < -0.4 is 11.1 Å². The maximum atomic E-state index is 11.4. The van der Waals surface area contributed by atoms with Gasteiger partial charge in [0.25, 0.3) is 0 Å². The second-order valence-corrected chi connectivity index (χ2v) is 4.58. The summed E-state index contributed by atoms with van der Waals surface area (Å²) in [4.78, 5) is 11.4. The number of nitrogens with one attached hydrogen (secondary N) is 1. The predicted octanol–water partition coefficient (Wildman–Crippen LogP) is 0.904. The molecule has 0 aliphatic heterocycles. The Morgan fingerprint density at radius 3 is 2.67 bits per heavy atom. The van der Waals surface area contributed by atoms with Crippen molar-refractivity contribution in [1.82, 2.24) is 5.32 Å². The first-order valence-corrected chi connectivity index (χ1v) is 5.47. The molecule has 0 aromatic rings. The van der Waals surface area contributed by atoms with Crippen LogP contribution in [0.1, 0.15) is 33.1 Å². The van der Waals surface area contributed by atoms with Crippen molar-refractivity contribution in [3.05, 3.63) is 0 Å². The minimum atomic E-state index is 0.0890. The molecule has 0 radical (unpaired) electrons. The highest BCUT2D eigenvalue weighted by molar-refractivity contribution is 5.75. The third-order valence-electron chi connectivity index (χ3n) is 2.34. The number of carbonyl (C=O) groups is 1. The SMILES string of the molecule is COCCCC(=O)NCC(C)(C)CCN. The molecule has 0 spiro atoms. The van der Waals surface area contributed by atoms with Gasteiger partial charge in [0, 0.05) is 26.7 Å². The minimum Gasteiger partial charge on any atom is -0.385 e. The Bertz CT molecular complexity index is 181. The van der Waals surface area contributed by atoms with Gasteiger partial charge in [0.1, 0.15) is 0 Å². The van der Waals surface area contributed by atoms with Crippen LogP contribution in [-0.4, -0.2) is 32.7 Å². The topological polar surface area (TPSA) is 64.3 Å². The first kappa shape index (κ1) is 14.4. The van der Waals surface area contributed by atoms with Gasteiger partial charge >= 0.3 is 0 Å². The molecule has 90 valence electrons. The van der Waals surface area contributed by atoms with E-state index in [0.717, 1.165) is 12.8 Å². The standard InChI is InChI=1S/C11H24N2O2/c1-11(2,6-7-12)9-13-10(14)5-4-8-15-3/h4-9,12H2,1-3H3,(H,13,14). The van der Waals surface area contributed by atoms with Gasteiger partial charge in [-0.1, -0.05) is 13.8 Å². The van der Waals surface area contributed by atoms with Crippen LogP contribution in [0.15, 0.2) is 0 Å². The fraction of sp³-hybridized carbons (Fsp3) is 0.909. The lowest BCUT2D eigenvalue weighted by molar-refractivity contribution is -0.121.